The Bertz CT molecular complexity index is 875. The van der Waals surface area contributed by atoms with Gasteiger partial charge >= 0.3 is 0 Å². The summed E-state index contributed by atoms with van der Waals surface area (Å²) in [5.74, 6) is 0.0636. The number of piperidine rings is 1. The number of carbonyl (C=O) groups is 1. The number of pyridine rings is 1. The minimum Gasteiger partial charge on any atom is -0.368 e. The van der Waals surface area contributed by atoms with Gasteiger partial charge in [0.1, 0.15) is 12.0 Å². The molecule has 1 aliphatic rings. The maximum Gasteiger partial charge on any atom is 0.200 e. The molecule has 0 N–H and O–H groups in total. The number of rotatable bonds is 3. The second-order valence-corrected chi connectivity index (χ2v) is 6.13. The smallest absolute Gasteiger partial charge is 0.200 e. The molecule has 4 heterocycles. The first-order valence-corrected chi connectivity index (χ1v) is 8.10. The molecule has 0 spiro atoms. The second kappa shape index (κ2) is 5.99. The summed E-state index contributed by atoms with van der Waals surface area (Å²) in [4.78, 5) is 19.1. The zero-order chi connectivity index (χ0) is 16.5. The van der Waals surface area contributed by atoms with Crippen LogP contribution in [0.2, 0.25) is 0 Å². The van der Waals surface area contributed by atoms with Gasteiger partial charge in [0.2, 0.25) is 5.65 Å². The number of aromatic nitrogens is 5. The van der Waals surface area contributed by atoms with Gasteiger partial charge in [0, 0.05) is 25.2 Å². The lowest BCUT2D eigenvalue weighted by Gasteiger charge is -2.33. The largest absolute Gasteiger partial charge is 0.368 e. The van der Waals surface area contributed by atoms with Crippen molar-refractivity contribution in [2.24, 2.45) is 5.92 Å². The van der Waals surface area contributed by atoms with Gasteiger partial charge in [-0.1, -0.05) is 6.07 Å². The molecule has 1 aliphatic heterocycles. The maximum absolute atomic E-state index is 12.7. The van der Waals surface area contributed by atoms with Crippen molar-refractivity contribution in [1.82, 2.24) is 24.8 Å². The molecule has 3 aromatic heterocycles. The average Bonchev–Trinajstić information content (AvgIpc) is 3.09. The molecule has 0 aliphatic carbocycles. The van der Waals surface area contributed by atoms with E-state index in [1.54, 1.807) is 23.1 Å². The highest BCUT2D eigenvalue weighted by atomic mass is 16.1. The van der Waals surface area contributed by atoms with Crippen molar-refractivity contribution in [3.8, 4) is 0 Å². The van der Waals surface area contributed by atoms with Gasteiger partial charge in [0.25, 0.3) is 0 Å². The molecule has 7 heteroatoms. The Morgan fingerprint density at radius 1 is 1.33 bits per heavy atom. The van der Waals surface area contributed by atoms with Gasteiger partial charge in [-0.05, 0) is 38.0 Å². The number of Topliss-reactive ketones (excluding diaryl/α,β-unsaturated/α-hetero) is 1. The molecule has 1 saturated heterocycles. The van der Waals surface area contributed by atoms with E-state index in [4.69, 9.17) is 0 Å². The van der Waals surface area contributed by atoms with Crippen molar-refractivity contribution in [3.05, 3.63) is 48.2 Å². The van der Waals surface area contributed by atoms with Gasteiger partial charge in [-0.15, -0.1) is 10.2 Å². The molecule has 122 valence electrons. The molecule has 24 heavy (non-hydrogen) atoms. The molecule has 0 saturated carbocycles. The number of anilines is 1. The third-order valence-electron chi connectivity index (χ3n) is 4.42. The molecule has 0 aromatic carbocycles. The maximum atomic E-state index is 12.7. The molecule has 7 nitrogen and oxygen atoms in total. The first-order chi connectivity index (χ1) is 11.7. The van der Waals surface area contributed by atoms with Crippen LogP contribution in [0.25, 0.3) is 5.65 Å². The predicted molar refractivity (Wildman–Crippen MR) is 89.0 cm³/mol. The summed E-state index contributed by atoms with van der Waals surface area (Å²) >= 11 is 0. The third kappa shape index (κ3) is 2.62. The standard InChI is InChI=1S/C17H18N6O/c1-12-9-15(17-20-19-11-23(17)21-12)22-8-4-5-13(10-22)16(24)14-6-2-3-7-18-14/h2-3,6-7,9,11,13H,4-5,8,10H2,1H3. The number of nitrogens with zero attached hydrogens (tertiary/aromatic N) is 6. The quantitative estimate of drug-likeness (QED) is 0.686. The molecule has 1 atom stereocenters. The van der Waals surface area contributed by atoms with Crippen LogP contribution in [-0.2, 0) is 0 Å². The normalized spacial score (nSPS) is 18.0. The molecule has 3 aromatic rings. The molecular weight excluding hydrogens is 304 g/mol. The monoisotopic (exact) mass is 322 g/mol. The molecule has 4 rings (SSSR count). The highest BCUT2D eigenvalue weighted by Gasteiger charge is 2.28. The van der Waals surface area contributed by atoms with Gasteiger partial charge in [-0.2, -0.15) is 9.61 Å². The fourth-order valence-electron chi connectivity index (χ4n) is 3.29. The van der Waals surface area contributed by atoms with Gasteiger partial charge in [-0.3, -0.25) is 9.78 Å². The summed E-state index contributed by atoms with van der Waals surface area (Å²) in [6, 6.07) is 7.48. The Balaban J connectivity index is 1.63. The summed E-state index contributed by atoms with van der Waals surface area (Å²) in [6.07, 6.45) is 5.12. The summed E-state index contributed by atoms with van der Waals surface area (Å²) < 4.78 is 1.69. The summed E-state index contributed by atoms with van der Waals surface area (Å²) in [5, 5.41) is 12.5. The van der Waals surface area contributed by atoms with Crippen LogP contribution in [0.15, 0.2) is 36.8 Å². The van der Waals surface area contributed by atoms with Crippen LogP contribution in [0.1, 0.15) is 29.0 Å². The number of fused-ring (bicyclic) bond motifs is 1. The second-order valence-electron chi connectivity index (χ2n) is 6.13. The highest BCUT2D eigenvalue weighted by Crippen LogP contribution is 2.27. The van der Waals surface area contributed by atoms with E-state index in [9.17, 15) is 4.79 Å². The van der Waals surface area contributed by atoms with Crippen LogP contribution >= 0.6 is 0 Å². The van der Waals surface area contributed by atoms with E-state index in [0.717, 1.165) is 36.4 Å². The Morgan fingerprint density at radius 3 is 3.08 bits per heavy atom. The van der Waals surface area contributed by atoms with Gasteiger partial charge in [0.05, 0.1) is 11.4 Å². The Kier molecular flexibility index (Phi) is 3.68. The van der Waals surface area contributed by atoms with Crippen LogP contribution in [-0.4, -0.2) is 43.7 Å². The Labute approximate surface area is 139 Å². The lowest BCUT2D eigenvalue weighted by Crippen LogP contribution is -2.39. The molecule has 1 unspecified atom stereocenters. The van der Waals surface area contributed by atoms with Crippen LogP contribution in [0.4, 0.5) is 5.69 Å². The number of carbonyl (C=O) groups excluding carboxylic acids is 1. The summed E-state index contributed by atoms with van der Waals surface area (Å²) in [5.41, 5.74) is 3.16. The number of hydrogen-bond donors (Lipinski definition) is 0. The lowest BCUT2D eigenvalue weighted by molar-refractivity contribution is 0.0902. The SMILES string of the molecule is Cc1cc(N2CCCC(C(=O)c3ccccn3)C2)c2nncn2n1. The molecule has 0 bridgehead atoms. The van der Waals surface area contributed by atoms with Crippen molar-refractivity contribution in [2.75, 3.05) is 18.0 Å². The summed E-state index contributed by atoms with van der Waals surface area (Å²) in [7, 11) is 0. The molecule has 1 fully saturated rings. The van der Waals surface area contributed by atoms with Crippen molar-refractivity contribution < 1.29 is 4.79 Å². The first kappa shape index (κ1) is 14.7. The van der Waals surface area contributed by atoms with Crippen LogP contribution in [0, 0.1) is 12.8 Å². The van der Waals surface area contributed by atoms with Gasteiger partial charge < -0.3 is 4.90 Å². The van der Waals surface area contributed by atoms with E-state index in [0.29, 0.717) is 12.2 Å². The third-order valence-corrected chi connectivity index (χ3v) is 4.42. The minimum absolute atomic E-state index is 0.0508. The zero-order valence-corrected chi connectivity index (χ0v) is 13.5. The summed E-state index contributed by atoms with van der Waals surface area (Å²) in [6.45, 7) is 3.52. The van der Waals surface area contributed by atoms with Gasteiger partial charge in [0.15, 0.2) is 5.78 Å². The number of hydrogen-bond acceptors (Lipinski definition) is 6. The highest BCUT2D eigenvalue weighted by molar-refractivity contribution is 5.96. The van der Waals surface area contributed by atoms with E-state index in [1.807, 2.05) is 25.1 Å². The van der Waals surface area contributed by atoms with E-state index in [1.165, 1.54) is 0 Å². The number of ketones is 1. The Hall–Kier alpha value is -2.83. The van der Waals surface area contributed by atoms with Crippen molar-refractivity contribution >= 4 is 17.1 Å². The average molecular weight is 322 g/mol. The van der Waals surface area contributed by atoms with Crippen LogP contribution < -0.4 is 4.90 Å². The van der Waals surface area contributed by atoms with Crippen LogP contribution in [0.5, 0.6) is 0 Å². The molecular formula is C17H18N6O. The topological polar surface area (TPSA) is 76.3 Å². The fourth-order valence-corrected chi connectivity index (χ4v) is 3.29. The zero-order valence-electron chi connectivity index (χ0n) is 13.5. The fraction of sp³-hybridized carbons (Fsp3) is 0.353. The van der Waals surface area contributed by atoms with E-state index in [2.05, 4.69) is 25.2 Å². The van der Waals surface area contributed by atoms with E-state index in [-0.39, 0.29) is 11.7 Å². The van der Waals surface area contributed by atoms with Gasteiger partial charge in [-0.25, -0.2) is 0 Å². The minimum atomic E-state index is -0.0508. The lowest BCUT2D eigenvalue weighted by atomic mass is 9.91. The van der Waals surface area contributed by atoms with Crippen molar-refractivity contribution in [2.45, 2.75) is 19.8 Å². The number of aryl methyl sites for hydroxylation is 1. The predicted octanol–water partition coefficient (Wildman–Crippen LogP) is 1.93. The van der Waals surface area contributed by atoms with E-state index >= 15 is 0 Å². The molecule has 0 radical (unpaired) electrons. The Morgan fingerprint density at radius 2 is 2.25 bits per heavy atom. The van der Waals surface area contributed by atoms with E-state index < -0.39 is 0 Å². The van der Waals surface area contributed by atoms with Crippen molar-refractivity contribution in [1.29, 1.82) is 0 Å². The van der Waals surface area contributed by atoms with Crippen LogP contribution in [0.3, 0.4) is 0 Å². The van der Waals surface area contributed by atoms with Crippen molar-refractivity contribution in [3.63, 3.8) is 0 Å². The first-order valence-electron chi connectivity index (χ1n) is 8.10. The molecule has 0 amide bonds.